The number of amides is 1. The number of aryl methyl sites for hydroxylation is 1. The topological polar surface area (TPSA) is 49.6 Å². The van der Waals surface area contributed by atoms with E-state index < -0.39 is 0 Å². The van der Waals surface area contributed by atoms with Gasteiger partial charge in [-0.3, -0.25) is 9.69 Å². The van der Waals surface area contributed by atoms with E-state index in [1.165, 1.54) is 17.1 Å². The zero-order chi connectivity index (χ0) is 19.3. The van der Waals surface area contributed by atoms with Gasteiger partial charge in [-0.25, -0.2) is 9.37 Å². The number of benzene rings is 1. The maximum Gasteiger partial charge on any atom is 0.223 e. The molecule has 0 saturated carbocycles. The summed E-state index contributed by atoms with van der Waals surface area (Å²) in [5.41, 5.74) is 0.384. The minimum atomic E-state index is -0.346. The lowest BCUT2D eigenvalue weighted by atomic mass is 10.2. The first kappa shape index (κ1) is 18.8. The fourth-order valence-corrected chi connectivity index (χ4v) is 4.11. The highest BCUT2D eigenvalue weighted by Gasteiger charge is 2.21. The van der Waals surface area contributed by atoms with Crippen LogP contribution in [0.5, 0.6) is 0 Å². The van der Waals surface area contributed by atoms with Gasteiger partial charge in [0.05, 0.1) is 11.8 Å². The van der Waals surface area contributed by atoms with Crippen LogP contribution in [-0.4, -0.2) is 46.9 Å². The van der Waals surface area contributed by atoms with Gasteiger partial charge in [0.15, 0.2) is 11.7 Å². The molecule has 0 spiro atoms. The Morgan fingerprint density at radius 3 is 2.71 bits per heavy atom. The number of carbonyl (C=O) groups excluding carboxylic acids is 1. The molecule has 3 heterocycles. The fourth-order valence-electron chi connectivity index (χ4n) is 3.36. The molecule has 0 N–H and O–H groups in total. The highest BCUT2D eigenvalue weighted by atomic mass is 32.1. The van der Waals surface area contributed by atoms with Gasteiger partial charge in [0, 0.05) is 50.4 Å². The number of hydrogen-bond donors (Lipinski definition) is 0. The van der Waals surface area contributed by atoms with Gasteiger partial charge in [0.2, 0.25) is 5.91 Å². The molecule has 1 aliphatic heterocycles. The molecular weight excluding hydrogens is 377 g/mol. The third kappa shape index (κ3) is 4.48. The Hall–Kier alpha value is -2.51. The monoisotopic (exact) mass is 399 g/mol. The molecule has 146 valence electrons. The van der Waals surface area contributed by atoms with Crippen molar-refractivity contribution >= 4 is 17.2 Å². The Morgan fingerprint density at radius 1 is 1.14 bits per heavy atom. The number of hydrogen-bond acceptors (Lipinski definition) is 5. The molecule has 2 aromatic heterocycles. The van der Waals surface area contributed by atoms with Gasteiger partial charge >= 0.3 is 0 Å². The lowest BCUT2D eigenvalue weighted by Crippen LogP contribution is -2.48. The first-order valence-corrected chi connectivity index (χ1v) is 10.3. The van der Waals surface area contributed by atoms with Crippen molar-refractivity contribution in [3.63, 3.8) is 0 Å². The summed E-state index contributed by atoms with van der Waals surface area (Å²) in [5.74, 6) is 0.619. The highest BCUT2D eigenvalue weighted by molar-refractivity contribution is 7.09. The van der Waals surface area contributed by atoms with Crippen molar-refractivity contribution < 1.29 is 13.6 Å². The minimum Gasteiger partial charge on any atom is -0.441 e. The molecule has 3 aromatic rings. The molecular formula is C21H22FN3O2S. The SMILES string of the molecule is O=C(CCc1ncc(-c2ccccc2F)o1)N1CCN(Cc2cccs2)CC1. The van der Waals surface area contributed by atoms with Crippen molar-refractivity contribution in [3.8, 4) is 11.3 Å². The van der Waals surface area contributed by atoms with Crippen LogP contribution < -0.4 is 0 Å². The molecule has 0 atom stereocenters. The van der Waals surface area contributed by atoms with Gasteiger partial charge in [0.25, 0.3) is 0 Å². The molecule has 5 nitrogen and oxygen atoms in total. The molecule has 0 aliphatic carbocycles. The Balaban J connectivity index is 1.26. The number of halogens is 1. The highest BCUT2D eigenvalue weighted by Crippen LogP contribution is 2.23. The van der Waals surface area contributed by atoms with Crippen LogP contribution in [0, 0.1) is 5.82 Å². The second-order valence-electron chi connectivity index (χ2n) is 6.83. The predicted molar refractivity (Wildman–Crippen MR) is 106 cm³/mol. The van der Waals surface area contributed by atoms with E-state index in [1.807, 2.05) is 4.90 Å². The molecule has 1 fully saturated rings. The number of rotatable bonds is 6. The van der Waals surface area contributed by atoms with Crippen molar-refractivity contribution in [1.82, 2.24) is 14.8 Å². The summed E-state index contributed by atoms with van der Waals surface area (Å²) in [5, 5.41) is 2.09. The van der Waals surface area contributed by atoms with Crippen LogP contribution in [-0.2, 0) is 17.8 Å². The lowest BCUT2D eigenvalue weighted by molar-refractivity contribution is -0.133. The molecule has 1 amide bonds. The third-order valence-corrected chi connectivity index (χ3v) is 5.79. The molecule has 4 rings (SSSR count). The Bertz CT molecular complexity index is 917. The largest absolute Gasteiger partial charge is 0.441 e. The van der Waals surface area contributed by atoms with Gasteiger partial charge in [-0.15, -0.1) is 11.3 Å². The lowest BCUT2D eigenvalue weighted by Gasteiger charge is -2.34. The Morgan fingerprint density at radius 2 is 1.96 bits per heavy atom. The quantitative estimate of drug-likeness (QED) is 0.632. The van der Waals surface area contributed by atoms with Crippen molar-refractivity contribution in [3.05, 3.63) is 64.6 Å². The van der Waals surface area contributed by atoms with E-state index in [0.29, 0.717) is 30.1 Å². The smallest absolute Gasteiger partial charge is 0.223 e. The number of piperazine rings is 1. The second kappa shape index (κ2) is 8.67. The summed E-state index contributed by atoms with van der Waals surface area (Å²) in [6.45, 7) is 4.22. The number of nitrogens with zero attached hydrogens (tertiary/aromatic N) is 3. The molecule has 0 unspecified atom stereocenters. The van der Waals surface area contributed by atoms with Crippen molar-refractivity contribution in [1.29, 1.82) is 0 Å². The standard InChI is InChI=1S/C21H22FN3O2S/c22-18-6-2-1-5-17(18)19-14-23-20(27-19)7-8-21(26)25-11-9-24(10-12-25)15-16-4-3-13-28-16/h1-6,13-14H,7-12,15H2. The van der Waals surface area contributed by atoms with Crippen molar-refractivity contribution in [2.24, 2.45) is 0 Å². The second-order valence-corrected chi connectivity index (χ2v) is 7.87. The molecule has 0 radical (unpaired) electrons. The average Bonchev–Trinajstić information content (AvgIpc) is 3.39. The first-order chi connectivity index (χ1) is 13.7. The van der Waals surface area contributed by atoms with Crippen LogP contribution >= 0.6 is 11.3 Å². The minimum absolute atomic E-state index is 0.112. The number of aromatic nitrogens is 1. The van der Waals surface area contributed by atoms with Crippen LogP contribution in [0.3, 0.4) is 0 Å². The van der Waals surface area contributed by atoms with Crippen LogP contribution in [0.15, 0.2) is 52.4 Å². The van der Waals surface area contributed by atoms with Crippen LogP contribution in [0.2, 0.25) is 0 Å². The maximum absolute atomic E-state index is 13.8. The van der Waals surface area contributed by atoms with Gasteiger partial charge in [-0.1, -0.05) is 18.2 Å². The number of oxazole rings is 1. The van der Waals surface area contributed by atoms with E-state index in [-0.39, 0.29) is 11.7 Å². The fraction of sp³-hybridized carbons (Fsp3) is 0.333. The normalized spacial score (nSPS) is 15.1. The Labute approximate surface area is 167 Å². The summed E-state index contributed by atoms with van der Waals surface area (Å²) >= 11 is 1.77. The molecule has 1 aromatic carbocycles. The van der Waals surface area contributed by atoms with E-state index in [2.05, 4.69) is 27.4 Å². The summed E-state index contributed by atoms with van der Waals surface area (Å²) in [6.07, 6.45) is 2.28. The third-order valence-electron chi connectivity index (χ3n) is 4.93. The molecule has 1 aliphatic rings. The van der Waals surface area contributed by atoms with Gasteiger partial charge in [0.1, 0.15) is 5.82 Å². The van der Waals surface area contributed by atoms with Gasteiger partial charge in [-0.2, -0.15) is 0 Å². The van der Waals surface area contributed by atoms with Gasteiger partial charge < -0.3 is 9.32 Å². The maximum atomic E-state index is 13.8. The molecule has 0 bridgehead atoms. The first-order valence-electron chi connectivity index (χ1n) is 9.41. The zero-order valence-corrected chi connectivity index (χ0v) is 16.3. The average molecular weight is 399 g/mol. The number of thiophene rings is 1. The van der Waals surface area contributed by atoms with E-state index in [1.54, 1.807) is 29.5 Å². The predicted octanol–water partition coefficient (Wildman–Crippen LogP) is 3.82. The summed E-state index contributed by atoms with van der Waals surface area (Å²) < 4.78 is 19.5. The van der Waals surface area contributed by atoms with E-state index in [0.717, 1.165) is 32.7 Å². The van der Waals surface area contributed by atoms with Crippen molar-refractivity contribution in [2.75, 3.05) is 26.2 Å². The summed E-state index contributed by atoms with van der Waals surface area (Å²) in [6, 6.07) is 10.6. The van der Waals surface area contributed by atoms with E-state index in [4.69, 9.17) is 4.42 Å². The van der Waals surface area contributed by atoms with Crippen LogP contribution in [0.1, 0.15) is 17.2 Å². The summed E-state index contributed by atoms with van der Waals surface area (Å²) in [4.78, 5) is 22.3. The van der Waals surface area contributed by atoms with E-state index in [9.17, 15) is 9.18 Å². The molecule has 7 heteroatoms. The number of carbonyl (C=O) groups is 1. The zero-order valence-electron chi connectivity index (χ0n) is 15.5. The summed E-state index contributed by atoms with van der Waals surface area (Å²) in [7, 11) is 0. The van der Waals surface area contributed by atoms with E-state index >= 15 is 0 Å². The Kier molecular flexibility index (Phi) is 5.83. The van der Waals surface area contributed by atoms with Gasteiger partial charge in [-0.05, 0) is 23.6 Å². The van der Waals surface area contributed by atoms with Crippen molar-refractivity contribution in [2.45, 2.75) is 19.4 Å². The van der Waals surface area contributed by atoms with Crippen LogP contribution in [0.25, 0.3) is 11.3 Å². The molecule has 28 heavy (non-hydrogen) atoms. The molecule has 1 saturated heterocycles. The van der Waals surface area contributed by atoms with Crippen LogP contribution in [0.4, 0.5) is 4.39 Å².